The molecule has 0 saturated carbocycles. The van der Waals surface area contributed by atoms with Crippen LogP contribution in [0.4, 0.5) is 4.79 Å². The second-order valence-electron chi connectivity index (χ2n) is 5.47. The van der Waals surface area contributed by atoms with Gasteiger partial charge in [-0.25, -0.2) is 13.2 Å². The first-order valence-corrected chi connectivity index (χ1v) is 7.93. The maximum atomic E-state index is 11.6. The zero-order chi connectivity index (χ0) is 14.7. The summed E-state index contributed by atoms with van der Waals surface area (Å²) in [4.78, 5) is 22.4. The lowest BCUT2D eigenvalue weighted by Gasteiger charge is -2.24. The molecule has 0 radical (unpaired) electrons. The van der Waals surface area contributed by atoms with E-state index in [4.69, 9.17) is 5.11 Å². The Morgan fingerprint density at radius 3 is 2.53 bits per heavy atom. The van der Waals surface area contributed by atoms with Crippen LogP contribution >= 0.6 is 0 Å². The van der Waals surface area contributed by atoms with E-state index in [2.05, 4.69) is 10.6 Å². The smallest absolute Gasteiger partial charge is 0.315 e. The number of nitrogens with one attached hydrogen (secondary N) is 2. The molecular formula is C11H20N2O5S. The molecule has 1 atom stereocenters. The number of hydrogen-bond acceptors (Lipinski definition) is 4. The van der Waals surface area contributed by atoms with Gasteiger partial charge in [-0.15, -0.1) is 0 Å². The van der Waals surface area contributed by atoms with Crippen LogP contribution in [0.2, 0.25) is 0 Å². The van der Waals surface area contributed by atoms with Crippen LogP contribution in [0.15, 0.2) is 0 Å². The summed E-state index contributed by atoms with van der Waals surface area (Å²) in [6, 6.07) is -0.928. The molecule has 8 heteroatoms. The molecule has 0 spiro atoms. The molecule has 1 rings (SSSR count). The van der Waals surface area contributed by atoms with Crippen molar-refractivity contribution in [3.05, 3.63) is 0 Å². The lowest BCUT2D eigenvalue weighted by Crippen LogP contribution is -2.49. The van der Waals surface area contributed by atoms with Crippen molar-refractivity contribution in [3.63, 3.8) is 0 Å². The minimum Gasteiger partial charge on any atom is -0.481 e. The number of carboxylic acid groups (broad SMARTS) is 1. The van der Waals surface area contributed by atoms with Gasteiger partial charge in [0.25, 0.3) is 0 Å². The molecule has 0 bridgehead atoms. The fourth-order valence-corrected chi connectivity index (χ4v) is 3.39. The number of rotatable bonds is 4. The van der Waals surface area contributed by atoms with Crippen LogP contribution in [0, 0.1) is 5.41 Å². The van der Waals surface area contributed by atoms with E-state index in [0.29, 0.717) is 12.8 Å². The highest BCUT2D eigenvalue weighted by Crippen LogP contribution is 2.14. The van der Waals surface area contributed by atoms with Crippen LogP contribution in [-0.4, -0.2) is 49.6 Å². The first-order valence-electron chi connectivity index (χ1n) is 6.10. The summed E-state index contributed by atoms with van der Waals surface area (Å²) < 4.78 is 22.8. The fraction of sp³-hybridized carbons (Fsp3) is 0.818. The van der Waals surface area contributed by atoms with Crippen molar-refractivity contribution >= 4 is 21.8 Å². The Kier molecular flexibility index (Phi) is 4.78. The number of amides is 2. The minimum absolute atomic E-state index is 0.0202. The SMILES string of the molecule is CC(C)(CNC(=O)NC1CCCS(=O)(=O)C1)C(=O)O. The van der Waals surface area contributed by atoms with E-state index in [1.54, 1.807) is 0 Å². The molecule has 1 aliphatic rings. The van der Waals surface area contributed by atoms with Gasteiger partial charge < -0.3 is 15.7 Å². The second kappa shape index (κ2) is 5.77. The third-order valence-corrected chi connectivity index (χ3v) is 4.89. The zero-order valence-corrected chi connectivity index (χ0v) is 11.9. The van der Waals surface area contributed by atoms with E-state index in [1.807, 2.05) is 0 Å². The quantitative estimate of drug-likeness (QED) is 0.673. The molecule has 2 amide bonds. The number of sulfone groups is 1. The molecule has 1 saturated heterocycles. The first kappa shape index (κ1) is 15.7. The predicted molar refractivity (Wildman–Crippen MR) is 69.6 cm³/mol. The molecule has 1 fully saturated rings. The number of hydrogen-bond donors (Lipinski definition) is 3. The molecule has 19 heavy (non-hydrogen) atoms. The van der Waals surface area contributed by atoms with Crippen molar-refractivity contribution in [2.75, 3.05) is 18.1 Å². The van der Waals surface area contributed by atoms with Crippen LogP contribution in [0.1, 0.15) is 26.7 Å². The Hall–Kier alpha value is -1.31. The highest BCUT2D eigenvalue weighted by Gasteiger charge is 2.29. The number of carboxylic acids is 1. The average molecular weight is 292 g/mol. The molecule has 110 valence electrons. The van der Waals surface area contributed by atoms with Gasteiger partial charge in [0.05, 0.1) is 16.9 Å². The van der Waals surface area contributed by atoms with Gasteiger partial charge in [-0.1, -0.05) is 0 Å². The third-order valence-electron chi connectivity index (χ3n) is 3.07. The number of carbonyl (C=O) groups excluding carboxylic acids is 1. The van der Waals surface area contributed by atoms with Crippen molar-refractivity contribution in [1.82, 2.24) is 10.6 Å². The Balaban J connectivity index is 2.42. The maximum absolute atomic E-state index is 11.6. The van der Waals surface area contributed by atoms with Crippen molar-refractivity contribution in [1.29, 1.82) is 0 Å². The van der Waals surface area contributed by atoms with Crippen LogP contribution in [-0.2, 0) is 14.6 Å². The standard InChI is InChI=1S/C11H20N2O5S/c1-11(2,9(14)15)7-12-10(16)13-8-4-3-5-19(17,18)6-8/h8H,3-7H2,1-2H3,(H,14,15)(H2,12,13,16). The molecule has 1 aliphatic heterocycles. The summed E-state index contributed by atoms with van der Waals surface area (Å²) in [6.45, 7) is 2.98. The summed E-state index contributed by atoms with van der Waals surface area (Å²) in [5, 5.41) is 13.9. The average Bonchev–Trinajstić information content (AvgIpc) is 2.25. The molecule has 1 unspecified atom stereocenters. The largest absolute Gasteiger partial charge is 0.481 e. The molecular weight excluding hydrogens is 272 g/mol. The van der Waals surface area contributed by atoms with Crippen LogP contribution in [0.3, 0.4) is 0 Å². The number of carbonyl (C=O) groups is 2. The van der Waals surface area contributed by atoms with E-state index >= 15 is 0 Å². The van der Waals surface area contributed by atoms with Crippen LogP contribution in [0.5, 0.6) is 0 Å². The van der Waals surface area contributed by atoms with Gasteiger partial charge in [0, 0.05) is 12.6 Å². The highest BCUT2D eigenvalue weighted by molar-refractivity contribution is 7.91. The Morgan fingerprint density at radius 2 is 2.00 bits per heavy atom. The van der Waals surface area contributed by atoms with E-state index < -0.39 is 33.3 Å². The van der Waals surface area contributed by atoms with E-state index in [0.717, 1.165) is 0 Å². The van der Waals surface area contributed by atoms with Crippen molar-refractivity contribution in [3.8, 4) is 0 Å². The normalized spacial score (nSPS) is 22.5. The third kappa shape index (κ3) is 5.06. The van der Waals surface area contributed by atoms with Crippen LogP contribution < -0.4 is 10.6 Å². The molecule has 1 heterocycles. The predicted octanol–water partition coefficient (Wildman–Crippen LogP) is -0.0264. The summed E-state index contributed by atoms with van der Waals surface area (Å²) in [6.07, 6.45) is 1.16. The maximum Gasteiger partial charge on any atom is 0.315 e. The molecule has 0 aliphatic carbocycles. The summed E-state index contributed by atoms with van der Waals surface area (Å²) in [7, 11) is -3.07. The molecule has 0 aromatic rings. The molecule has 7 nitrogen and oxygen atoms in total. The van der Waals surface area contributed by atoms with Gasteiger partial charge in [-0.05, 0) is 26.7 Å². The fourth-order valence-electron chi connectivity index (χ4n) is 1.75. The number of aliphatic carboxylic acids is 1. The van der Waals surface area contributed by atoms with Gasteiger partial charge in [-0.2, -0.15) is 0 Å². The van der Waals surface area contributed by atoms with E-state index in [1.165, 1.54) is 13.8 Å². The summed E-state index contributed by atoms with van der Waals surface area (Å²) >= 11 is 0. The Labute approximate surface area is 112 Å². The van der Waals surface area contributed by atoms with Crippen LogP contribution in [0.25, 0.3) is 0 Å². The second-order valence-corrected chi connectivity index (χ2v) is 7.70. The van der Waals surface area contributed by atoms with Crippen molar-refractivity contribution in [2.24, 2.45) is 5.41 Å². The number of urea groups is 1. The molecule has 0 aromatic heterocycles. The van der Waals surface area contributed by atoms with E-state index in [9.17, 15) is 18.0 Å². The zero-order valence-electron chi connectivity index (χ0n) is 11.1. The molecule has 3 N–H and O–H groups in total. The van der Waals surface area contributed by atoms with Gasteiger partial charge in [-0.3, -0.25) is 4.79 Å². The lowest BCUT2D eigenvalue weighted by molar-refractivity contribution is -0.146. The van der Waals surface area contributed by atoms with Gasteiger partial charge in [0.2, 0.25) is 0 Å². The minimum atomic E-state index is -3.07. The summed E-state index contributed by atoms with van der Waals surface area (Å²) in [5.74, 6) is -0.894. The highest BCUT2D eigenvalue weighted by atomic mass is 32.2. The topological polar surface area (TPSA) is 113 Å². The van der Waals surface area contributed by atoms with Crippen molar-refractivity contribution in [2.45, 2.75) is 32.7 Å². The Bertz CT molecular complexity index is 458. The Morgan fingerprint density at radius 1 is 1.37 bits per heavy atom. The van der Waals surface area contributed by atoms with E-state index in [-0.39, 0.29) is 18.1 Å². The van der Waals surface area contributed by atoms with Crippen molar-refractivity contribution < 1.29 is 23.1 Å². The van der Waals surface area contributed by atoms with Gasteiger partial charge in [0.1, 0.15) is 0 Å². The lowest BCUT2D eigenvalue weighted by atomic mass is 9.94. The molecule has 0 aromatic carbocycles. The summed E-state index contributed by atoms with van der Waals surface area (Å²) in [5.41, 5.74) is -1.06. The van der Waals surface area contributed by atoms with Gasteiger partial charge >= 0.3 is 12.0 Å². The monoisotopic (exact) mass is 292 g/mol. The van der Waals surface area contributed by atoms with Gasteiger partial charge in [0.15, 0.2) is 9.84 Å². The first-order chi connectivity index (χ1) is 8.62.